The Balaban J connectivity index is 2.23. The molecular formula is C11H12F3NO2. The minimum atomic E-state index is -4.47. The fraction of sp³-hybridized carbons (Fsp3) is 0.545. The molecule has 1 aliphatic carbocycles. The van der Waals surface area contributed by atoms with Gasteiger partial charge in [-0.1, -0.05) is 0 Å². The molecule has 3 nitrogen and oxygen atoms in total. The smallest absolute Gasteiger partial charge is 0.391 e. The molecule has 0 saturated heterocycles. The number of hydrogen-bond donors (Lipinski definition) is 1. The lowest BCUT2D eigenvalue weighted by Gasteiger charge is -2.13. The summed E-state index contributed by atoms with van der Waals surface area (Å²) in [5, 5.41) is 9.62. The first-order valence-corrected chi connectivity index (χ1v) is 5.33. The highest BCUT2D eigenvalue weighted by Crippen LogP contribution is 2.33. The average molecular weight is 247 g/mol. The highest BCUT2D eigenvalue weighted by molar-refractivity contribution is 5.13. The van der Waals surface area contributed by atoms with Crippen LogP contribution in [0.5, 0.6) is 0 Å². The van der Waals surface area contributed by atoms with Gasteiger partial charge in [0, 0.05) is 12.3 Å². The molecule has 17 heavy (non-hydrogen) atoms. The highest BCUT2D eigenvalue weighted by Gasteiger charge is 2.33. The number of nitrogens with zero attached hydrogens (tertiary/aromatic N) is 1. The summed E-state index contributed by atoms with van der Waals surface area (Å²) in [7, 11) is 0. The van der Waals surface area contributed by atoms with E-state index < -0.39 is 23.4 Å². The lowest BCUT2D eigenvalue weighted by Crippen LogP contribution is -2.28. The molecular weight excluding hydrogens is 235 g/mol. The van der Waals surface area contributed by atoms with Crippen molar-refractivity contribution in [1.29, 1.82) is 0 Å². The number of rotatable bonds is 3. The second-order valence-corrected chi connectivity index (χ2v) is 4.31. The summed E-state index contributed by atoms with van der Waals surface area (Å²) in [5.41, 5.74) is -1.40. The third-order valence-electron chi connectivity index (χ3n) is 2.86. The van der Waals surface area contributed by atoms with E-state index in [4.69, 9.17) is 0 Å². The van der Waals surface area contributed by atoms with Crippen molar-refractivity contribution in [2.24, 2.45) is 5.92 Å². The molecule has 1 atom stereocenters. The SMILES string of the molecule is O=c1ccc(C(F)(F)F)cn1CC(O)C1CC1. The van der Waals surface area contributed by atoms with Gasteiger partial charge in [0.15, 0.2) is 0 Å². The van der Waals surface area contributed by atoms with Gasteiger partial charge in [0.1, 0.15) is 0 Å². The van der Waals surface area contributed by atoms with Crippen LogP contribution >= 0.6 is 0 Å². The molecule has 1 heterocycles. The topological polar surface area (TPSA) is 42.2 Å². The first-order valence-electron chi connectivity index (χ1n) is 5.33. The molecule has 94 valence electrons. The first kappa shape index (κ1) is 12.2. The molecule has 0 amide bonds. The highest BCUT2D eigenvalue weighted by atomic mass is 19.4. The minimum absolute atomic E-state index is 0.0760. The van der Waals surface area contributed by atoms with Crippen molar-refractivity contribution in [3.8, 4) is 0 Å². The Morgan fingerprint density at radius 1 is 1.41 bits per heavy atom. The Morgan fingerprint density at radius 2 is 2.06 bits per heavy atom. The van der Waals surface area contributed by atoms with E-state index >= 15 is 0 Å². The Hall–Kier alpha value is -1.30. The summed E-state index contributed by atoms with van der Waals surface area (Å²) in [6, 6.07) is 1.63. The summed E-state index contributed by atoms with van der Waals surface area (Å²) in [6.07, 6.45) is -2.71. The zero-order valence-corrected chi connectivity index (χ0v) is 8.94. The molecule has 1 aromatic heterocycles. The molecule has 1 N–H and O–H groups in total. The van der Waals surface area contributed by atoms with Gasteiger partial charge in [-0.3, -0.25) is 4.79 Å². The van der Waals surface area contributed by atoms with Gasteiger partial charge >= 0.3 is 6.18 Å². The fourth-order valence-electron chi connectivity index (χ4n) is 1.67. The van der Waals surface area contributed by atoms with Crippen molar-refractivity contribution >= 4 is 0 Å². The van der Waals surface area contributed by atoms with Crippen molar-refractivity contribution in [2.75, 3.05) is 0 Å². The Kier molecular flexibility index (Phi) is 2.99. The number of aliphatic hydroxyl groups is 1. The van der Waals surface area contributed by atoms with Crippen molar-refractivity contribution in [2.45, 2.75) is 31.7 Å². The van der Waals surface area contributed by atoms with E-state index in [-0.39, 0.29) is 12.5 Å². The normalized spacial score (nSPS) is 18.1. The molecule has 0 radical (unpaired) electrons. The van der Waals surface area contributed by atoms with Crippen LogP contribution in [-0.4, -0.2) is 15.8 Å². The number of hydrogen-bond acceptors (Lipinski definition) is 2. The number of aromatic nitrogens is 1. The molecule has 2 rings (SSSR count). The minimum Gasteiger partial charge on any atom is -0.391 e. The predicted molar refractivity (Wildman–Crippen MR) is 54.4 cm³/mol. The van der Waals surface area contributed by atoms with Gasteiger partial charge in [-0.15, -0.1) is 0 Å². The van der Waals surface area contributed by atoms with E-state index in [2.05, 4.69) is 0 Å². The fourth-order valence-corrected chi connectivity index (χ4v) is 1.67. The summed E-state index contributed by atoms with van der Waals surface area (Å²) in [4.78, 5) is 11.4. The van der Waals surface area contributed by atoms with E-state index in [0.29, 0.717) is 0 Å². The summed E-state index contributed by atoms with van der Waals surface area (Å²) in [5.74, 6) is 0.122. The van der Waals surface area contributed by atoms with Crippen molar-refractivity contribution in [3.05, 3.63) is 34.2 Å². The molecule has 6 heteroatoms. The summed E-state index contributed by atoms with van der Waals surface area (Å²) >= 11 is 0. The maximum absolute atomic E-state index is 12.4. The first-order chi connectivity index (χ1) is 7.88. The molecule has 1 aliphatic rings. The lowest BCUT2D eigenvalue weighted by molar-refractivity contribution is -0.138. The molecule has 1 aromatic rings. The van der Waals surface area contributed by atoms with Crippen LogP contribution in [0.3, 0.4) is 0 Å². The zero-order chi connectivity index (χ0) is 12.6. The maximum Gasteiger partial charge on any atom is 0.417 e. The molecule has 1 saturated carbocycles. The zero-order valence-electron chi connectivity index (χ0n) is 8.94. The summed E-state index contributed by atoms with van der Waals surface area (Å²) in [6.45, 7) is -0.0760. The van der Waals surface area contributed by atoms with Gasteiger partial charge < -0.3 is 9.67 Å². The van der Waals surface area contributed by atoms with Crippen LogP contribution in [-0.2, 0) is 12.7 Å². The number of aliphatic hydroxyl groups excluding tert-OH is 1. The quantitative estimate of drug-likeness (QED) is 0.882. The van der Waals surface area contributed by atoms with E-state index in [1.807, 2.05) is 0 Å². The van der Waals surface area contributed by atoms with Gasteiger partial charge in [0.2, 0.25) is 0 Å². The van der Waals surface area contributed by atoms with Crippen LogP contribution in [0.1, 0.15) is 18.4 Å². The van der Waals surface area contributed by atoms with Crippen LogP contribution < -0.4 is 5.56 Å². The second kappa shape index (κ2) is 4.18. The molecule has 0 spiro atoms. The van der Waals surface area contributed by atoms with Crippen molar-refractivity contribution in [1.82, 2.24) is 4.57 Å². The number of pyridine rings is 1. The molecule has 0 bridgehead atoms. The van der Waals surface area contributed by atoms with Gasteiger partial charge in [-0.05, 0) is 24.8 Å². The predicted octanol–water partition coefficient (Wildman–Crippen LogP) is 1.64. The van der Waals surface area contributed by atoms with Crippen LogP contribution in [0.25, 0.3) is 0 Å². The van der Waals surface area contributed by atoms with Crippen molar-refractivity contribution in [3.63, 3.8) is 0 Å². The Morgan fingerprint density at radius 3 is 2.59 bits per heavy atom. The van der Waals surface area contributed by atoms with E-state index in [9.17, 15) is 23.1 Å². The molecule has 1 fully saturated rings. The maximum atomic E-state index is 12.4. The summed E-state index contributed by atoms with van der Waals surface area (Å²) < 4.78 is 38.2. The van der Waals surface area contributed by atoms with Gasteiger partial charge in [0.05, 0.1) is 18.2 Å². The van der Waals surface area contributed by atoms with Gasteiger partial charge in [-0.2, -0.15) is 13.2 Å². The van der Waals surface area contributed by atoms with E-state index in [1.165, 1.54) is 0 Å². The third-order valence-corrected chi connectivity index (χ3v) is 2.86. The van der Waals surface area contributed by atoms with Crippen LogP contribution in [0.2, 0.25) is 0 Å². The van der Waals surface area contributed by atoms with E-state index in [0.717, 1.165) is 35.7 Å². The van der Waals surface area contributed by atoms with Crippen LogP contribution in [0, 0.1) is 5.92 Å². The number of halogens is 3. The second-order valence-electron chi connectivity index (χ2n) is 4.31. The molecule has 0 aliphatic heterocycles. The number of alkyl halides is 3. The average Bonchev–Trinajstić information content (AvgIpc) is 3.02. The van der Waals surface area contributed by atoms with Gasteiger partial charge in [-0.25, -0.2) is 0 Å². The lowest BCUT2D eigenvalue weighted by atomic mass is 10.2. The van der Waals surface area contributed by atoms with Crippen molar-refractivity contribution < 1.29 is 18.3 Å². The monoisotopic (exact) mass is 247 g/mol. The van der Waals surface area contributed by atoms with E-state index in [1.54, 1.807) is 0 Å². The standard InChI is InChI=1S/C11H12F3NO2/c12-11(13,14)8-3-4-10(17)15(5-8)6-9(16)7-1-2-7/h3-5,7,9,16H,1-2,6H2. The molecule has 1 unspecified atom stereocenters. The Labute approximate surface area is 95.5 Å². The molecule has 0 aromatic carbocycles. The largest absolute Gasteiger partial charge is 0.417 e. The Bertz CT molecular complexity index is 463. The van der Waals surface area contributed by atoms with Crippen LogP contribution in [0.4, 0.5) is 13.2 Å². The third kappa shape index (κ3) is 2.88. The van der Waals surface area contributed by atoms with Gasteiger partial charge in [0.25, 0.3) is 5.56 Å². The van der Waals surface area contributed by atoms with Crippen LogP contribution in [0.15, 0.2) is 23.1 Å².